The number of aryl methyl sites for hydroxylation is 2. The van der Waals surface area contributed by atoms with Crippen molar-refractivity contribution in [3.05, 3.63) is 82.9 Å². The summed E-state index contributed by atoms with van der Waals surface area (Å²) in [4.78, 5) is 19.6. The molecule has 0 aliphatic carbocycles. The Kier molecular flexibility index (Phi) is 6.00. The van der Waals surface area contributed by atoms with Gasteiger partial charge in [-0.15, -0.1) is 0 Å². The molecule has 1 aliphatic rings. The maximum Gasteiger partial charge on any atom is 0.272 e. The topological polar surface area (TPSA) is 63.1 Å². The van der Waals surface area contributed by atoms with Gasteiger partial charge in [0.05, 0.1) is 12.2 Å². The predicted molar refractivity (Wildman–Crippen MR) is 112 cm³/mol. The highest BCUT2D eigenvalue weighted by Gasteiger charge is 2.27. The number of hydrogen-bond acceptors (Lipinski definition) is 4. The molecule has 1 aromatic carbocycles. The fourth-order valence-corrected chi connectivity index (χ4v) is 3.82. The quantitative estimate of drug-likeness (QED) is 0.675. The van der Waals surface area contributed by atoms with Gasteiger partial charge in [-0.2, -0.15) is 5.10 Å². The zero-order valence-corrected chi connectivity index (χ0v) is 16.8. The second-order valence-electron chi connectivity index (χ2n) is 7.36. The first-order valence-electron chi connectivity index (χ1n) is 10.3. The summed E-state index contributed by atoms with van der Waals surface area (Å²) in [6, 6.07) is 16.1. The minimum Gasteiger partial charge on any atom is -0.345 e. The van der Waals surface area contributed by atoms with Gasteiger partial charge in [-0.25, -0.2) is 0 Å². The van der Waals surface area contributed by atoms with Crippen LogP contribution in [-0.4, -0.2) is 38.7 Å². The van der Waals surface area contributed by atoms with Crippen molar-refractivity contribution in [2.75, 3.05) is 13.1 Å². The molecule has 0 saturated carbocycles. The molecule has 150 valence electrons. The average Bonchev–Trinajstić information content (AvgIpc) is 3.15. The molecule has 0 atom stereocenters. The third-order valence-corrected chi connectivity index (χ3v) is 5.49. The Bertz CT molecular complexity index is 952. The van der Waals surface area contributed by atoms with E-state index in [9.17, 15) is 4.79 Å². The number of pyridine rings is 1. The Labute approximate surface area is 171 Å². The predicted octanol–water partition coefficient (Wildman–Crippen LogP) is 2.83. The summed E-state index contributed by atoms with van der Waals surface area (Å²) in [5.74, 6) is -0.122. The van der Waals surface area contributed by atoms with Gasteiger partial charge in [0.15, 0.2) is 5.69 Å². The summed E-state index contributed by atoms with van der Waals surface area (Å²) >= 11 is 0. The molecule has 0 fully saturated rings. The van der Waals surface area contributed by atoms with Crippen molar-refractivity contribution < 1.29 is 4.79 Å². The van der Waals surface area contributed by atoms with Crippen molar-refractivity contribution >= 4 is 5.91 Å². The standard InChI is InChI=1S/C23H27N5O/c1-2-27-14-12-21-20(17-27)22(23(29)25-16-19-10-6-7-13-24-19)26-28(21)15-11-18-8-4-3-5-9-18/h3-10,13H,2,11-12,14-17H2,1H3,(H,25,29). The SMILES string of the molecule is CCN1CCc2c(c(C(=O)NCc3ccccn3)nn2CCc2ccccc2)C1. The van der Waals surface area contributed by atoms with Gasteiger partial charge in [0.2, 0.25) is 0 Å². The molecule has 0 radical (unpaired) electrons. The van der Waals surface area contributed by atoms with Crippen LogP contribution in [0.5, 0.6) is 0 Å². The Hall–Kier alpha value is -2.99. The molecule has 0 saturated heterocycles. The van der Waals surface area contributed by atoms with Crippen LogP contribution in [0.25, 0.3) is 0 Å². The number of aromatic nitrogens is 3. The van der Waals surface area contributed by atoms with Crippen LogP contribution in [0.1, 0.15) is 39.9 Å². The largest absolute Gasteiger partial charge is 0.345 e. The summed E-state index contributed by atoms with van der Waals surface area (Å²) in [5, 5.41) is 7.73. The lowest BCUT2D eigenvalue weighted by Gasteiger charge is -2.26. The molecule has 6 nitrogen and oxygen atoms in total. The van der Waals surface area contributed by atoms with E-state index in [-0.39, 0.29) is 5.91 Å². The van der Waals surface area contributed by atoms with Crippen molar-refractivity contribution in [1.29, 1.82) is 0 Å². The second-order valence-corrected chi connectivity index (χ2v) is 7.36. The van der Waals surface area contributed by atoms with E-state index < -0.39 is 0 Å². The molecular weight excluding hydrogens is 362 g/mol. The highest BCUT2D eigenvalue weighted by atomic mass is 16.2. The number of carbonyl (C=O) groups is 1. The van der Waals surface area contributed by atoms with Crippen molar-refractivity contribution in [3.63, 3.8) is 0 Å². The molecule has 2 aromatic heterocycles. The molecule has 3 heterocycles. The lowest BCUT2D eigenvalue weighted by Crippen LogP contribution is -2.32. The lowest BCUT2D eigenvalue weighted by atomic mass is 10.0. The van der Waals surface area contributed by atoms with Crippen molar-refractivity contribution in [2.24, 2.45) is 0 Å². The van der Waals surface area contributed by atoms with Gasteiger partial charge in [-0.05, 0) is 30.7 Å². The first-order valence-corrected chi connectivity index (χ1v) is 10.3. The molecule has 4 rings (SSSR count). The van der Waals surface area contributed by atoms with Crippen LogP contribution >= 0.6 is 0 Å². The minimum atomic E-state index is -0.122. The fourth-order valence-electron chi connectivity index (χ4n) is 3.82. The van der Waals surface area contributed by atoms with Gasteiger partial charge >= 0.3 is 0 Å². The molecule has 0 bridgehead atoms. The molecular formula is C23H27N5O. The van der Waals surface area contributed by atoms with E-state index in [1.807, 2.05) is 28.9 Å². The number of carbonyl (C=O) groups excluding carboxylic acids is 1. The monoisotopic (exact) mass is 389 g/mol. The molecule has 1 amide bonds. The zero-order chi connectivity index (χ0) is 20.1. The molecule has 0 unspecified atom stereocenters. The van der Waals surface area contributed by atoms with Crippen LogP contribution in [0, 0.1) is 0 Å². The van der Waals surface area contributed by atoms with Gasteiger partial charge in [-0.3, -0.25) is 19.4 Å². The molecule has 0 spiro atoms. The molecule has 1 aliphatic heterocycles. The molecule has 1 N–H and O–H groups in total. The number of nitrogens with zero attached hydrogens (tertiary/aromatic N) is 4. The van der Waals surface area contributed by atoms with Crippen LogP contribution in [0.4, 0.5) is 0 Å². The first-order chi connectivity index (χ1) is 14.2. The van der Waals surface area contributed by atoms with Crippen molar-refractivity contribution in [1.82, 2.24) is 25.0 Å². The Morgan fingerprint density at radius 2 is 1.97 bits per heavy atom. The van der Waals surface area contributed by atoms with E-state index in [1.54, 1.807) is 6.20 Å². The third-order valence-electron chi connectivity index (χ3n) is 5.49. The van der Waals surface area contributed by atoms with E-state index in [0.717, 1.165) is 50.3 Å². The van der Waals surface area contributed by atoms with Crippen LogP contribution in [-0.2, 0) is 32.5 Å². The molecule has 6 heteroatoms. The van der Waals surface area contributed by atoms with E-state index >= 15 is 0 Å². The maximum atomic E-state index is 12.9. The van der Waals surface area contributed by atoms with Gasteiger partial charge in [0.25, 0.3) is 5.91 Å². The average molecular weight is 390 g/mol. The van der Waals surface area contributed by atoms with Crippen LogP contribution < -0.4 is 5.32 Å². The number of likely N-dealkylation sites (N-methyl/N-ethyl adjacent to an activating group) is 1. The van der Waals surface area contributed by atoms with Gasteiger partial charge < -0.3 is 5.32 Å². The van der Waals surface area contributed by atoms with E-state index in [1.165, 1.54) is 11.3 Å². The summed E-state index contributed by atoms with van der Waals surface area (Å²) < 4.78 is 2.05. The summed E-state index contributed by atoms with van der Waals surface area (Å²) in [6.45, 7) is 6.11. The van der Waals surface area contributed by atoms with Gasteiger partial charge in [0, 0.05) is 43.5 Å². The van der Waals surface area contributed by atoms with E-state index in [0.29, 0.717) is 12.2 Å². The van der Waals surface area contributed by atoms with Crippen LogP contribution in [0.15, 0.2) is 54.7 Å². The number of rotatable bonds is 7. The van der Waals surface area contributed by atoms with E-state index in [2.05, 4.69) is 46.4 Å². The highest BCUT2D eigenvalue weighted by molar-refractivity contribution is 5.94. The van der Waals surface area contributed by atoms with Gasteiger partial charge in [0.1, 0.15) is 0 Å². The number of amides is 1. The summed E-state index contributed by atoms with van der Waals surface area (Å²) in [5.41, 5.74) is 4.96. The van der Waals surface area contributed by atoms with E-state index in [4.69, 9.17) is 5.10 Å². The Morgan fingerprint density at radius 3 is 2.72 bits per heavy atom. The second kappa shape index (κ2) is 9.01. The van der Waals surface area contributed by atoms with Gasteiger partial charge in [-0.1, -0.05) is 43.3 Å². The first kappa shape index (κ1) is 19.3. The minimum absolute atomic E-state index is 0.122. The summed E-state index contributed by atoms with van der Waals surface area (Å²) in [7, 11) is 0. The lowest BCUT2D eigenvalue weighted by molar-refractivity contribution is 0.0942. The highest BCUT2D eigenvalue weighted by Crippen LogP contribution is 2.23. The zero-order valence-electron chi connectivity index (χ0n) is 16.8. The molecule has 3 aromatic rings. The fraction of sp³-hybridized carbons (Fsp3) is 0.348. The normalized spacial score (nSPS) is 13.8. The Morgan fingerprint density at radius 1 is 1.14 bits per heavy atom. The molecule has 29 heavy (non-hydrogen) atoms. The number of nitrogens with one attached hydrogen (secondary N) is 1. The maximum absolute atomic E-state index is 12.9. The summed E-state index contributed by atoms with van der Waals surface area (Å²) in [6.07, 6.45) is 3.57. The third kappa shape index (κ3) is 4.54. The number of benzene rings is 1. The van der Waals surface area contributed by atoms with Crippen LogP contribution in [0.2, 0.25) is 0 Å². The number of hydrogen-bond donors (Lipinski definition) is 1. The smallest absolute Gasteiger partial charge is 0.272 e. The number of fused-ring (bicyclic) bond motifs is 1. The van der Waals surface area contributed by atoms with Crippen molar-refractivity contribution in [3.8, 4) is 0 Å². The Balaban J connectivity index is 1.53. The van der Waals surface area contributed by atoms with Crippen molar-refractivity contribution in [2.45, 2.75) is 39.4 Å². The van der Waals surface area contributed by atoms with Crippen LogP contribution in [0.3, 0.4) is 0 Å².